The Morgan fingerprint density at radius 3 is 1.20 bits per heavy atom. The van der Waals surface area contributed by atoms with Crippen LogP contribution in [0.15, 0.2) is 130 Å². The number of hydrogen-bond donors (Lipinski definition) is 2. The van der Waals surface area contributed by atoms with Gasteiger partial charge in [-0.15, -0.1) is 0 Å². The minimum Gasteiger partial charge on any atom is -1.00 e. The third-order valence-electron chi connectivity index (χ3n) is 9.83. The summed E-state index contributed by atoms with van der Waals surface area (Å²) < 4.78 is 17.0. The molecule has 0 unspecified atom stereocenters. The smallest absolute Gasteiger partial charge is 0.203 e. The van der Waals surface area contributed by atoms with Gasteiger partial charge in [0.05, 0.1) is 12.1 Å². The molecular formula is C46H48Cl4N6O2Zn-2. The molecule has 0 radical (unpaired) electrons. The molecule has 8 rings (SSSR count). The molecular weight excluding hydrogens is 876 g/mol. The van der Waals surface area contributed by atoms with Crippen LogP contribution in [0.5, 0.6) is 0 Å². The number of anilines is 4. The Hall–Kier alpha value is -4.50. The number of benzene rings is 6. The summed E-state index contributed by atoms with van der Waals surface area (Å²) >= 11 is 0. The molecule has 4 aromatic rings. The van der Waals surface area contributed by atoms with Gasteiger partial charge in [-0.05, 0) is 101 Å². The molecule has 13 heteroatoms. The van der Waals surface area contributed by atoms with Crippen molar-refractivity contribution in [2.75, 3.05) is 36.8 Å². The first-order valence-corrected chi connectivity index (χ1v) is 18.9. The molecule has 4 aliphatic rings. The van der Waals surface area contributed by atoms with Crippen molar-refractivity contribution < 1.29 is 77.9 Å². The van der Waals surface area contributed by atoms with Crippen molar-refractivity contribution in [3.63, 3.8) is 0 Å². The Morgan fingerprint density at radius 1 is 0.475 bits per heavy atom. The molecule has 306 valence electrons. The van der Waals surface area contributed by atoms with Gasteiger partial charge < -0.3 is 69.1 Å². The van der Waals surface area contributed by atoms with Crippen molar-refractivity contribution in [2.45, 2.75) is 41.5 Å². The van der Waals surface area contributed by atoms with E-state index in [9.17, 15) is 0 Å². The third-order valence-corrected chi connectivity index (χ3v) is 9.83. The summed E-state index contributed by atoms with van der Waals surface area (Å²) in [5.74, 6) is 1.61. The topological polar surface area (TPSA) is 82.1 Å². The summed E-state index contributed by atoms with van der Waals surface area (Å²) in [6.07, 6.45) is 0. The van der Waals surface area contributed by atoms with Gasteiger partial charge in [-0.1, -0.05) is 36.4 Å². The first-order chi connectivity index (χ1) is 26.3. The van der Waals surface area contributed by atoms with Crippen LogP contribution in [0.3, 0.4) is 0 Å². The second-order valence-corrected chi connectivity index (χ2v) is 13.3. The predicted octanol–water partition coefficient (Wildman–Crippen LogP) is -2.39. The minimum absolute atomic E-state index is 0. The van der Waals surface area contributed by atoms with Gasteiger partial charge in [0.1, 0.15) is 48.6 Å². The largest absolute Gasteiger partial charge is 1.00 e. The zero-order valence-corrected chi connectivity index (χ0v) is 40.2. The molecule has 2 N–H and O–H groups in total. The number of fused-ring (bicyclic) bond motifs is 4. The van der Waals surface area contributed by atoms with Gasteiger partial charge in [-0.2, -0.15) is 0 Å². The maximum absolute atomic E-state index is 6.21. The van der Waals surface area contributed by atoms with Gasteiger partial charge in [0, 0.05) is 66.5 Å². The average molecular weight is 924 g/mol. The van der Waals surface area contributed by atoms with E-state index >= 15 is 0 Å². The van der Waals surface area contributed by atoms with Crippen molar-refractivity contribution in [1.82, 2.24) is 19.1 Å². The van der Waals surface area contributed by atoms with E-state index in [4.69, 9.17) is 18.8 Å². The Balaban J connectivity index is 0.000000375. The fourth-order valence-corrected chi connectivity index (χ4v) is 6.69. The van der Waals surface area contributed by atoms with Crippen LogP contribution in [0.4, 0.5) is 22.7 Å². The van der Waals surface area contributed by atoms with Crippen LogP contribution in [0.1, 0.15) is 38.8 Å². The van der Waals surface area contributed by atoms with Crippen molar-refractivity contribution in [2.24, 2.45) is 0 Å². The summed E-state index contributed by atoms with van der Waals surface area (Å²) in [5, 5.41) is 9.25. The molecule has 0 saturated carbocycles. The third kappa shape index (κ3) is 11.8. The molecule has 0 aromatic heterocycles. The second kappa shape index (κ2) is 23.3. The van der Waals surface area contributed by atoms with E-state index in [1.807, 2.05) is 72.8 Å². The normalized spacial score (nSPS) is 10.1. The van der Waals surface area contributed by atoms with Gasteiger partial charge in [-0.3, -0.25) is 0 Å². The van der Waals surface area contributed by atoms with Crippen LogP contribution >= 0.6 is 0 Å². The second-order valence-electron chi connectivity index (χ2n) is 13.3. The monoisotopic (exact) mass is 920 g/mol. The van der Waals surface area contributed by atoms with Gasteiger partial charge in [0.25, 0.3) is 0 Å². The molecule has 2 aliphatic carbocycles. The van der Waals surface area contributed by atoms with Crippen LogP contribution < -0.4 is 80.1 Å². The molecule has 0 saturated heterocycles. The van der Waals surface area contributed by atoms with Crippen molar-refractivity contribution >= 4 is 44.9 Å². The summed E-state index contributed by atoms with van der Waals surface area (Å²) in [7, 11) is 0. The minimum atomic E-state index is 0. The van der Waals surface area contributed by atoms with Crippen molar-refractivity contribution in [3.05, 3.63) is 143 Å². The number of halogens is 4. The SMILES string of the molecule is CC[N+](CC)=c1ccc2nc3ccc(Nc4ccccc4C)cc3oc-2c1.CC[N+](CC)=c1ccc2nc3ccc(Nc4ccccc4C)cc3oc-2c1.[Cl-].[Cl-].[Cl-].[Cl-].[Zn]. The van der Waals surface area contributed by atoms with Crippen LogP contribution in [0.25, 0.3) is 45.1 Å². The van der Waals surface area contributed by atoms with E-state index in [1.165, 1.54) is 11.1 Å². The number of nitrogens with one attached hydrogen (secondary N) is 2. The quantitative estimate of drug-likeness (QED) is 0.101. The number of hydrogen-bond acceptors (Lipinski definition) is 6. The van der Waals surface area contributed by atoms with Crippen LogP contribution in [0, 0.1) is 13.8 Å². The molecule has 8 nitrogen and oxygen atoms in total. The summed E-state index contributed by atoms with van der Waals surface area (Å²) in [4.78, 5) is 9.51. The Labute approximate surface area is 384 Å². The van der Waals surface area contributed by atoms with Gasteiger partial charge in [0.15, 0.2) is 22.7 Å². The fourth-order valence-electron chi connectivity index (χ4n) is 6.69. The molecule has 4 aromatic carbocycles. The van der Waals surface area contributed by atoms with E-state index < -0.39 is 0 Å². The zero-order chi connectivity index (χ0) is 37.6. The number of aryl methyl sites for hydroxylation is 2. The first-order valence-electron chi connectivity index (χ1n) is 18.9. The van der Waals surface area contributed by atoms with E-state index in [0.29, 0.717) is 0 Å². The van der Waals surface area contributed by atoms with E-state index in [2.05, 4.69) is 110 Å². The van der Waals surface area contributed by atoms with Crippen LogP contribution in [-0.2, 0) is 19.5 Å². The summed E-state index contributed by atoms with van der Waals surface area (Å²) in [6, 6.07) is 41.0. The van der Waals surface area contributed by atoms with Gasteiger partial charge in [-0.25, -0.2) is 19.1 Å². The molecule has 0 bridgehead atoms. The van der Waals surface area contributed by atoms with Crippen LogP contribution in [0.2, 0.25) is 0 Å². The maximum atomic E-state index is 6.21. The standard InChI is InChI=1S/2C23H23N3O.4ClH.Zn/c2*1-4-26(5-2)18-11-13-21-23(15-18)27-22-14-17(10-12-20(22)25-21)24-19-9-7-6-8-16(19)3;;;;;/h2*6-15H,4-5H2,1-3H3;4*1H;/p-2. The van der Waals surface area contributed by atoms with Gasteiger partial charge in [0.2, 0.25) is 10.7 Å². The molecule has 59 heavy (non-hydrogen) atoms. The Kier molecular flexibility index (Phi) is 20.0. The van der Waals surface area contributed by atoms with E-state index in [-0.39, 0.29) is 69.1 Å². The maximum Gasteiger partial charge on any atom is 0.203 e. The fraction of sp³-hybridized carbons (Fsp3) is 0.217. The predicted molar refractivity (Wildman–Crippen MR) is 223 cm³/mol. The van der Waals surface area contributed by atoms with Crippen LogP contribution in [-0.4, -0.2) is 36.1 Å². The Morgan fingerprint density at radius 2 is 0.847 bits per heavy atom. The zero-order valence-electron chi connectivity index (χ0n) is 34.2. The van der Waals surface area contributed by atoms with E-state index in [0.717, 1.165) is 105 Å². The average Bonchev–Trinajstić information content (AvgIpc) is 3.19. The number of rotatable bonds is 8. The summed E-state index contributed by atoms with van der Waals surface area (Å²) in [6.45, 7) is 16.7. The van der Waals surface area contributed by atoms with Crippen molar-refractivity contribution in [1.29, 1.82) is 0 Å². The van der Waals surface area contributed by atoms with Crippen molar-refractivity contribution in [3.8, 4) is 22.9 Å². The number of aromatic nitrogens is 2. The molecule has 0 amide bonds. The molecule has 0 fully saturated rings. The molecule has 2 aliphatic heterocycles. The summed E-state index contributed by atoms with van der Waals surface area (Å²) in [5.41, 5.74) is 11.6. The number of para-hydroxylation sites is 2. The van der Waals surface area contributed by atoms with E-state index in [1.54, 1.807) is 0 Å². The molecule has 2 heterocycles. The molecule has 0 atom stereocenters. The number of nitrogens with zero attached hydrogens (tertiary/aromatic N) is 4. The first kappa shape index (κ1) is 50.6. The Bertz CT molecular complexity index is 2490. The van der Waals surface area contributed by atoms with Gasteiger partial charge >= 0.3 is 0 Å². The molecule has 0 spiro atoms.